The minimum absolute atomic E-state index is 0.0111. The van der Waals surface area contributed by atoms with Crippen LogP contribution in [0.4, 0.5) is 11.4 Å². The summed E-state index contributed by atoms with van der Waals surface area (Å²) in [6, 6.07) is 2.78. The van der Waals surface area contributed by atoms with Crippen LogP contribution in [0.1, 0.15) is 12.5 Å². The van der Waals surface area contributed by atoms with Gasteiger partial charge in [0.25, 0.3) is 5.69 Å². The molecule has 0 fully saturated rings. The molecule has 1 aromatic rings. The zero-order valence-electron chi connectivity index (χ0n) is 10.0. The number of ether oxygens (including phenoxy) is 1. The second-order valence-electron chi connectivity index (χ2n) is 3.53. The summed E-state index contributed by atoms with van der Waals surface area (Å²) in [6.07, 6.45) is 0. The molecule has 0 aliphatic heterocycles. The first-order chi connectivity index (χ1) is 8.45. The molecule has 6 nitrogen and oxygen atoms in total. The van der Waals surface area contributed by atoms with Crippen LogP contribution in [-0.2, 0) is 9.53 Å². The van der Waals surface area contributed by atoms with E-state index in [2.05, 4.69) is 5.32 Å². The number of nitrogens with zero attached hydrogens (tertiary/aromatic N) is 1. The molecule has 0 amide bonds. The van der Waals surface area contributed by atoms with Crippen molar-refractivity contribution >= 4 is 28.9 Å². The lowest BCUT2D eigenvalue weighted by molar-refractivity contribution is -0.384. The molecule has 0 bridgehead atoms. The first-order valence-electron chi connectivity index (χ1n) is 5.29. The van der Waals surface area contributed by atoms with Gasteiger partial charge in [0.05, 0.1) is 11.5 Å². The summed E-state index contributed by atoms with van der Waals surface area (Å²) in [5.74, 6) is -0.397. The molecule has 0 saturated heterocycles. The Morgan fingerprint density at radius 2 is 2.22 bits per heavy atom. The normalized spacial score (nSPS) is 9.94. The quantitative estimate of drug-likeness (QED) is 0.506. The van der Waals surface area contributed by atoms with Gasteiger partial charge >= 0.3 is 5.97 Å². The zero-order chi connectivity index (χ0) is 13.7. The molecule has 7 heteroatoms. The van der Waals surface area contributed by atoms with E-state index in [1.54, 1.807) is 13.8 Å². The highest BCUT2D eigenvalue weighted by molar-refractivity contribution is 6.33. The number of anilines is 1. The maximum Gasteiger partial charge on any atom is 0.325 e. The van der Waals surface area contributed by atoms with Crippen LogP contribution in [0.2, 0.25) is 5.02 Å². The van der Waals surface area contributed by atoms with Gasteiger partial charge in [0, 0.05) is 11.8 Å². The number of carbonyl (C=O) groups is 1. The summed E-state index contributed by atoms with van der Waals surface area (Å²) in [5.41, 5.74) is 1.05. The molecule has 0 spiro atoms. The monoisotopic (exact) mass is 272 g/mol. The molecule has 18 heavy (non-hydrogen) atoms. The van der Waals surface area contributed by atoms with Crippen molar-refractivity contribution in [1.82, 2.24) is 0 Å². The van der Waals surface area contributed by atoms with Crippen LogP contribution < -0.4 is 5.32 Å². The number of carbonyl (C=O) groups excluding carboxylic acids is 1. The Kier molecular flexibility index (Phi) is 4.91. The molecule has 0 radical (unpaired) electrons. The number of benzene rings is 1. The summed E-state index contributed by atoms with van der Waals surface area (Å²) in [6.45, 7) is 3.70. The van der Waals surface area contributed by atoms with Gasteiger partial charge in [-0.2, -0.15) is 0 Å². The lowest BCUT2D eigenvalue weighted by Gasteiger charge is -2.09. The Balaban J connectivity index is 2.82. The largest absolute Gasteiger partial charge is 0.465 e. The molecule has 1 N–H and O–H groups in total. The third-order valence-corrected chi connectivity index (χ3v) is 2.52. The Morgan fingerprint density at radius 1 is 1.56 bits per heavy atom. The van der Waals surface area contributed by atoms with Crippen molar-refractivity contribution in [1.29, 1.82) is 0 Å². The van der Waals surface area contributed by atoms with Crippen molar-refractivity contribution in [2.45, 2.75) is 13.8 Å². The van der Waals surface area contributed by atoms with Crippen LogP contribution in [0, 0.1) is 17.0 Å². The van der Waals surface area contributed by atoms with E-state index in [9.17, 15) is 14.9 Å². The summed E-state index contributed by atoms with van der Waals surface area (Å²) in [7, 11) is 0. The maximum atomic E-state index is 11.2. The van der Waals surface area contributed by atoms with Crippen LogP contribution in [0.3, 0.4) is 0 Å². The third kappa shape index (κ3) is 3.59. The van der Waals surface area contributed by atoms with E-state index in [1.165, 1.54) is 12.1 Å². The summed E-state index contributed by atoms with van der Waals surface area (Å²) in [4.78, 5) is 21.3. The standard InChI is InChI=1S/C11H13ClN2O4/c1-3-18-11(15)6-13-9-5-8(12)10(14(16)17)4-7(9)2/h4-5,13H,3,6H2,1-2H3. The van der Waals surface area contributed by atoms with Gasteiger partial charge in [-0.1, -0.05) is 11.6 Å². The Hall–Kier alpha value is -1.82. The molecule has 0 aliphatic carbocycles. The Morgan fingerprint density at radius 3 is 2.78 bits per heavy atom. The highest BCUT2D eigenvalue weighted by Gasteiger charge is 2.15. The first kappa shape index (κ1) is 14.2. The maximum absolute atomic E-state index is 11.2. The van der Waals surface area contributed by atoms with Crippen molar-refractivity contribution < 1.29 is 14.5 Å². The van der Waals surface area contributed by atoms with Crippen LogP contribution >= 0.6 is 11.6 Å². The van der Waals surface area contributed by atoms with Crippen molar-refractivity contribution in [3.05, 3.63) is 32.8 Å². The van der Waals surface area contributed by atoms with Gasteiger partial charge in [0.15, 0.2) is 0 Å². The fourth-order valence-corrected chi connectivity index (χ4v) is 1.61. The van der Waals surface area contributed by atoms with Gasteiger partial charge in [0.1, 0.15) is 11.6 Å². The fraction of sp³-hybridized carbons (Fsp3) is 0.364. The number of nitrogens with one attached hydrogen (secondary N) is 1. The molecule has 0 aliphatic rings. The fourth-order valence-electron chi connectivity index (χ4n) is 1.38. The molecule has 0 atom stereocenters. The van der Waals surface area contributed by atoms with Gasteiger partial charge in [0.2, 0.25) is 0 Å². The topological polar surface area (TPSA) is 81.5 Å². The second kappa shape index (κ2) is 6.20. The Labute approximate surface area is 109 Å². The second-order valence-corrected chi connectivity index (χ2v) is 3.94. The van der Waals surface area contributed by atoms with E-state index in [0.717, 1.165) is 0 Å². The van der Waals surface area contributed by atoms with Crippen molar-refractivity contribution in [3.8, 4) is 0 Å². The van der Waals surface area contributed by atoms with Crippen LogP contribution in [0.25, 0.3) is 0 Å². The molecule has 1 aromatic carbocycles. The van der Waals surface area contributed by atoms with Gasteiger partial charge in [-0.05, 0) is 25.5 Å². The van der Waals surface area contributed by atoms with E-state index in [0.29, 0.717) is 17.9 Å². The van der Waals surface area contributed by atoms with Crippen LogP contribution in [0.15, 0.2) is 12.1 Å². The van der Waals surface area contributed by atoms with Crippen molar-refractivity contribution in [2.75, 3.05) is 18.5 Å². The predicted molar refractivity (Wildman–Crippen MR) is 68.0 cm³/mol. The SMILES string of the molecule is CCOC(=O)CNc1cc(Cl)c([N+](=O)[O-])cc1C. The van der Waals surface area contributed by atoms with Crippen LogP contribution in [0.5, 0.6) is 0 Å². The smallest absolute Gasteiger partial charge is 0.325 e. The van der Waals surface area contributed by atoms with Gasteiger partial charge in [-0.15, -0.1) is 0 Å². The molecule has 0 unspecified atom stereocenters. The van der Waals surface area contributed by atoms with Crippen LogP contribution in [-0.4, -0.2) is 24.0 Å². The first-order valence-corrected chi connectivity index (χ1v) is 5.67. The zero-order valence-corrected chi connectivity index (χ0v) is 10.8. The molecule has 98 valence electrons. The summed E-state index contributed by atoms with van der Waals surface area (Å²) >= 11 is 5.77. The number of halogens is 1. The summed E-state index contributed by atoms with van der Waals surface area (Å²) in [5, 5.41) is 13.5. The average molecular weight is 273 g/mol. The molecule has 1 rings (SSSR count). The molecule has 0 heterocycles. The molecule has 0 saturated carbocycles. The van der Waals surface area contributed by atoms with E-state index < -0.39 is 10.9 Å². The van der Waals surface area contributed by atoms with Gasteiger partial charge < -0.3 is 10.1 Å². The summed E-state index contributed by atoms with van der Waals surface area (Å²) < 4.78 is 4.75. The highest BCUT2D eigenvalue weighted by atomic mass is 35.5. The lowest BCUT2D eigenvalue weighted by Crippen LogP contribution is -2.17. The Bertz CT molecular complexity index is 476. The number of aryl methyl sites for hydroxylation is 1. The minimum atomic E-state index is -0.551. The number of nitro benzene ring substituents is 1. The van der Waals surface area contributed by atoms with Crippen molar-refractivity contribution in [2.24, 2.45) is 0 Å². The average Bonchev–Trinajstić information content (AvgIpc) is 2.29. The molecular weight excluding hydrogens is 260 g/mol. The number of esters is 1. The predicted octanol–water partition coefficient (Wildman–Crippen LogP) is 2.53. The van der Waals surface area contributed by atoms with E-state index in [4.69, 9.17) is 16.3 Å². The van der Waals surface area contributed by atoms with E-state index in [-0.39, 0.29) is 17.3 Å². The van der Waals surface area contributed by atoms with Crippen molar-refractivity contribution in [3.63, 3.8) is 0 Å². The lowest BCUT2D eigenvalue weighted by atomic mass is 10.2. The van der Waals surface area contributed by atoms with Gasteiger partial charge in [-0.3, -0.25) is 14.9 Å². The number of rotatable bonds is 5. The minimum Gasteiger partial charge on any atom is -0.465 e. The molecular formula is C11H13ClN2O4. The highest BCUT2D eigenvalue weighted by Crippen LogP contribution is 2.30. The number of hydrogen-bond donors (Lipinski definition) is 1. The van der Waals surface area contributed by atoms with E-state index >= 15 is 0 Å². The number of nitro groups is 1. The number of hydrogen-bond acceptors (Lipinski definition) is 5. The molecule has 0 aromatic heterocycles. The van der Waals surface area contributed by atoms with E-state index in [1.807, 2.05) is 0 Å². The van der Waals surface area contributed by atoms with Gasteiger partial charge in [-0.25, -0.2) is 0 Å². The third-order valence-electron chi connectivity index (χ3n) is 2.22.